The maximum absolute atomic E-state index is 12.8. The summed E-state index contributed by atoms with van der Waals surface area (Å²) in [5, 5.41) is 11.9. The number of hydrogen-bond acceptors (Lipinski definition) is 4. The molecule has 0 unspecified atom stereocenters. The van der Waals surface area contributed by atoms with E-state index in [1.165, 1.54) is 24.3 Å². The third-order valence-electron chi connectivity index (χ3n) is 4.05. The Kier molecular flexibility index (Phi) is 7.13. The number of carbonyl (C=O) groups is 1. The zero-order valence-corrected chi connectivity index (χ0v) is 19.0. The molecule has 0 aliphatic carbocycles. The first-order chi connectivity index (χ1) is 14.8. The average Bonchev–Trinajstić information content (AvgIpc) is 2.75. The van der Waals surface area contributed by atoms with E-state index in [9.17, 15) is 18.5 Å². The van der Waals surface area contributed by atoms with Crippen molar-refractivity contribution in [3.8, 4) is 6.07 Å². The molecule has 3 rings (SSSR count). The van der Waals surface area contributed by atoms with Gasteiger partial charge in [-0.25, -0.2) is 8.42 Å². The van der Waals surface area contributed by atoms with E-state index in [0.717, 1.165) is 4.47 Å². The molecule has 0 fully saturated rings. The Balaban J connectivity index is 1.85. The van der Waals surface area contributed by atoms with E-state index in [2.05, 4.69) is 26.0 Å². The van der Waals surface area contributed by atoms with Gasteiger partial charge in [0.15, 0.2) is 0 Å². The van der Waals surface area contributed by atoms with E-state index >= 15 is 0 Å². The van der Waals surface area contributed by atoms with E-state index in [-0.39, 0.29) is 21.2 Å². The van der Waals surface area contributed by atoms with Crippen molar-refractivity contribution < 1.29 is 13.2 Å². The molecule has 0 heterocycles. The fourth-order valence-corrected chi connectivity index (χ4v) is 4.43. The normalized spacial score (nSPS) is 11.5. The van der Waals surface area contributed by atoms with Crippen molar-refractivity contribution in [1.82, 2.24) is 0 Å². The number of anilines is 2. The van der Waals surface area contributed by atoms with Crippen molar-refractivity contribution in [2.75, 3.05) is 10.0 Å². The molecule has 6 nitrogen and oxygen atoms in total. The standard InChI is InChI=1S/C22H15BrClN3O3S/c23-17-6-8-18(9-7-17)27-31(29,30)21-13-19(10-11-20(21)24)26-22(28)16(14-25)12-15-4-2-1-3-5-15/h1-13,27H,(H,26,28). The third kappa shape index (κ3) is 5.95. The number of amides is 1. The van der Waals surface area contributed by atoms with Crippen molar-refractivity contribution in [2.45, 2.75) is 4.90 Å². The lowest BCUT2D eigenvalue weighted by Crippen LogP contribution is -2.16. The summed E-state index contributed by atoms with van der Waals surface area (Å²) in [6, 6.07) is 21.4. The van der Waals surface area contributed by atoms with Gasteiger partial charge < -0.3 is 5.32 Å². The number of nitrogens with one attached hydrogen (secondary N) is 2. The summed E-state index contributed by atoms with van der Waals surface area (Å²) >= 11 is 9.39. The number of carbonyl (C=O) groups excluding carboxylic acids is 1. The highest BCUT2D eigenvalue weighted by atomic mass is 79.9. The van der Waals surface area contributed by atoms with Gasteiger partial charge in [0.25, 0.3) is 15.9 Å². The lowest BCUT2D eigenvalue weighted by Gasteiger charge is -2.12. The summed E-state index contributed by atoms with van der Waals surface area (Å²) in [5.41, 5.74) is 1.09. The first kappa shape index (κ1) is 22.6. The number of benzene rings is 3. The fraction of sp³-hybridized carbons (Fsp3) is 0. The Hall–Kier alpha value is -3.12. The maximum Gasteiger partial charge on any atom is 0.266 e. The molecule has 0 saturated heterocycles. The number of sulfonamides is 1. The lowest BCUT2D eigenvalue weighted by molar-refractivity contribution is -0.112. The van der Waals surface area contributed by atoms with Gasteiger partial charge in [-0.1, -0.05) is 57.9 Å². The van der Waals surface area contributed by atoms with Crippen LogP contribution in [0, 0.1) is 11.3 Å². The van der Waals surface area contributed by atoms with Gasteiger partial charge in [-0.05, 0) is 54.1 Å². The van der Waals surface area contributed by atoms with Gasteiger partial charge in [-0.15, -0.1) is 0 Å². The Labute approximate surface area is 193 Å². The van der Waals surface area contributed by atoms with E-state index in [4.69, 9.17) is 11.6 Å². The number of nitrogens with zero attached hydrogens (tertiary/aromatic N) is 1. The number of nitriles is 1. The van der Waals surface area contributed by atoms with Gasteiger partial charge in [0, 0.05) is 15.8 Å². The van der Waals surface area contributed by atoms with Gasteiger partial charge in [0.1, 0.15) is 16.5 Å². The van der Waals surface area contributed by atoms with Crippen LogP contribution in [-0.2, 0) is 14.8 Å². The van der Waals surface area contributed by atoms with E-state index in [0.29, 0.717) is 11.3 Å². The first-order valence-corrected chi connectivity index (χ1v) is 11.5. The van der Waals surface area contributed by atoms with Crippen LogP contribution in [0.1, 0.15) is 5.56 Å². The van der Waals surface area contributed by atoms with Gasteiger partial charge >= 0.3 is 0 Å². The molecule has 0 aliphatic rings. The fourth-order valence-electron chi connectivity index (χ4n) is 2.58. The van der Waals surface area contributed by atoms with Crippen LogP contribution in [0.5, 0.6) is 0 Å². The molecule has 2 N–H and O–H groups in total. The highest BCUT2D eigenvalue weighted by molar-refractivity contribution is 9.10. The van der Waals surface area contributed by atoms with Crippen molar-refractivity contribution in [2.24, 2.45) is 0 Å². The molecule has 0 aromatic heterocycles. The van der Waals surface area contributed by atoms with Crippen molar-refractivity contribution in [3.63, 3.8) is 0 Å². The van der Waals surface area contributed by atoms with Crippen LogP contribution >= 0.6 is 27.5 Å². The summed E-state index contributed by atoms with van der Waals surface area (Å²) in [5.74, 6) is -0.669. The minimum atomic E-state index is -4.02. The Bertz CT molecular complexity index is 1290. The molecule has 0 aliphatic heterocycles. The monoisotopic (exact) mass is 515 g/mol. The van der Waals surface area contributed by atoms with Crippen LogP contribution in [0.25, 0.3) is 6.08 Å². The molecule has 156 valence electrons. The van der Waals surface area contributed by atoms with Crippen LogP contribution in [0.2, 0.25) is 5.02 Å². The van der Waals surface area contributed by atoms with E-state index < -0.39 is 15.9 Å². The van der Waals surface area contributed by atoms with Crippen molar-refractivity contribution in [1.29, 1.82) is 5.26 Å². The number of rotatable bonds is 6. The minimum Gasteiger partial charge on any atom is -0.321 e. The second-order valence-corrected chi connectivity index (χ2v) is 9.27. The molecule has 31 heavy (non-hydrogen) atoms. The predicted molar refractivity (Wildman–Crippen MR) is 125 cm³/mol. The number of halogens is 2. The Morgan fingerprint density at radius 2 is 1.65 bits per heavy atom. The molecular weight excluding hydrogens is 502 g/mol. The van der Waals surface area contributed by atoms with Gasteiger partial charge in [0.05, 0.1) is 5.02 Å². The Morgan fingerprint density at radius 1 is 1.00 bits per heavy atom. The van der Waals surface area contributed by atoms with Gasteiger partial charge in [-0.3, -0.25) is 9.52 Å². The lowest BCUT2D eigenvalue weighted by atomic mass is 10.1. The molecule has 0 spiro atoms. The highest BCUT2D eigenvalue weighted by Crippen LogP contribution is 2.27. The van der Waals surface area contributed by atoms with Crippen molar-refractivity contribution >= 4 is 60.9 Å². The smallest absolute Gasteiger partial charge is 0.266 e. The maximum atomic E-state index is 12.8. The van der Waals surface area contributed by atoms with Crippen LogP contribution in [0.15, 0.2) is 87.7 Å². The molecular formula is C22H15BrClN3O3S. The first-order valence-electron chi connectivity index (χ1n) is 8.84. The van der Waals surface area contributed by atoms with Crippen molar-refractivity contribution in [3.05, 3.63) is 93.4 Å². The average molecular weight is 517 g/mol. The summed E-state index contributed by atoms with van der Waals surface area (Å²) in [7, 11) is -4.02. The van der Waals surface area contributed by atoms with Crippen LogP contribution < -0.4 is 10.0 Å². The van der Waals surface area contributed by atoms with Crippen LogP contribution in [0.4, 0.5) is 11.4 Å². The molecule has 3 aromatic carbocycles. The van der Waals surface area contributed by atoms with Crippen LogP contribution in [-0.4, -0.2) is 14.3 Å². The quantitative estimate of drug-likeness (QED) is 0.336. The zero-order chi connectivity index (χ0) is 22.4. The van der Waals surface area contributed by atoms with E-state index in [1.807, 2.05) is 12.1 Å². The van der Waals surface area contributed by atoms with E-state index in [1.54, 1.807) is 48.5 Å². The predicted octanol–water partition coefficient (Wildman–Crippen LogP) is 5.45. The summed E-state index contributed by atoms with van der Waals surface area (Å²) in [6.45, 7) is 0. The van der Waals surface area contributed by atoms with Gasteiger partial charge in [-0.2, -0.15) is 5.26 Å². The Morgan fingerprint density at radius 3 is 2.29 bits per heavy atom. The number of hydrogen-bond donors (Lipinski definition) is 2. The molecule has 3 aromatic rings. The largest absolute Gasteiger partial charge is 0.321 e. The minimum absolute atomic E-state index is 0.0112. The highest BCUT2D eigenvalue weighted by Gasteiger charge is 2.20. The molecule has 0 saturated carbocycles. The summed E-state index contributed by atoms with van der Waals surface area (Å²) in [6.07, 6.45) is 1.44. The molecule has 0 atom stereocenters. The topological polar surface area (TPSA) is 99.1 Å². The molecule has 0 bridgehead atoms. The SMILES string of the molecule is N#CC(=Cc1ccccc1)C(=O)Nc1ccc(Cl)c(S(=O)(=O)Nc2ccc(Br)cc2)c1. The molecule has 1 amide bonds. The second kappa shape index (κ2) is 9.79. The summed E-state index contributed by atoms with van der Waals surface area (Å²) < 4.78 is 28.8. The molecule has 9 heteroatoms. The zero-order valence-electron chi connectivity index (χ0n) is 15.8. The second-order valence-electron chi connectivity index (χ2n) is 6.29. The van der Waals surface area contributed by atoms with Gasteiger partial charge in [0.2, 0.25) is 0 Å². The summed E-state index contributed by atoms with van der Waals surface area (Å²) in [4.78, 5) is 12.3. The third-order valence-corrected chi connectivity index (χ3v) is 6.44. The molecule has 0 radical (unpaired) electrons. The van der Waals surface area contributed by atoms with Crippen LogP contribution in [0.3, 0.4) is 0 Å².